The predicted octanol–water partition coefficient (Wildman–Crippen LogP) is 4.37. The lowest BCUT2D eigenvalue weighted by molar-refractivity contribution is -0.138. The molecule has 1 atom stereocenters. The number of amides is 1. The van der Waals surface area contributed by atoms with E-state index < -0.39 is 17.3 Å². The molecule has 0 radical (unpaired) electrons. The number of benzene rings is 2. The molecule has 2 N–H and O–H groups in total. The van der Waals surface area contributed by atoms with E-state index in [9.17, 15) is 14.0 Å². The second-order valence-electron chi connectivity index (χ2n) is 7.08. The van der Waals surface area contributed by atoms with E-state index in [0.29, 0.717) is 17.7 Å². The SMILES string of the molecule is CC(C(=O)O)c1ccc(NC(=O)C2(Cc3cccc(F)c3)CCC2)cc1. The Morgan fingerprint density at radius 1 is 1.19 bits per heavy atom. The van der Waals surface area contributed by atoms with Crippen LogP contribution < -0.4 is 5.32 Å². The van der Waals surface area contributed by atoms with E-state index in [2.05, 4.69) is 5.32 Å². The molecule has 0 saturated heterocycles. The third-order valence-corrected chi connectivity index (χ3v) is 5.26. The third kappa shape index (κ3) is 3.77. The van der Waals surface area contributed by atoms with Crippen molar-refractivity contribution in [3.05, 3.63) is 65.5 Å². The van der Waals surface area contributed by atoms with Gasteiger partial charge in [-0.25, -0.2) is 4.39 Å². The number of rotatable bonds is 6. The molecule has 1 fully saturated rings. The van der Waals surface area contributed by atoms with Crippen LogP contribution in [0.25, 0.3) is 0 Å². The summed E-state index contributed by atoms with van der Waals surface area (Å²) < 4.78 is 13.4. The first-order valence-electron chi connectivity index (χ1n) is 8.78. The molecule has 0 aliphatic heterocycles. The second kappa shape index (κ2) is 7.28. The Kier molecular flexibility index (Phi) is 5.07. The van der Waals surface area contributed by atoms with Crippen molar-refractivity contribution in [3.8, 4) is 0 Å². The van der Waals surface area contributed by atoms with Crippen molar-refractivity contribution in [2.24, 2.45) is 5.41 Å². The van der Waals surface area contributed by atoms with Gasteiger partial charge in [0.2, 0.25) is 5.91 Å². The molecule has 4 nitrogen and oxygen atoms in total. The molecule has 0 heterocycles. The van der Waals surface area contributed by atoms with Crippen molar-refractivity contribution in [2.45, 2.75) is 38.5 Å². The van der Waals surface area contributed by atoms with Crippen LogP contribution >= 0.6 is 0 Å². The zero-order chi connectivity index (χ0) is 18.7. The predicted molar refractivity (Wildman–Crippen MR) is 97.5 cm³/mol. The smallest absolute Gasteiger partial charge is 0.310 e. The second-order valence-corrected chi connectivity index (χ2v) is 7.08. The lowest BCUT2D eigenvalue weighted by Gasteiger charge is -2.40. The molecule has 1 unspecified atom stereocenters. The summed E-state index contributed by atoms with van der Waals surface area (Å²) in [6.45, 7) is 1.62. The van der Waals surface area contributed by atoms with Gasteiger partial charge in [0, 0.05) is 5.69 Å². The molecule has 1 amide bonds. The van der Waals surface area contributed by atoms with Gasteiger partial charge < -0.3 is 10.4 Å². The topological polar surface area (TPSA) is 66.4 Å². The fourth-order valence-corrected chi connectivity index (χ4v) is 3.39. The summed E-state index contributed by atoms with van der Waals surface area (Å²) in [5, 5.41) is 12.0. The molecule has 1 aliphatic carbocycles. The fraction of sp³-hybridized carbons (Fsp3) is 0.333. The first kappa shape index (κ1) is 18.1. The Balaban J connectivity index is 1.70. The summed E-state index contributed by atoms with van der Waals surface area (Å²) in [7, 11) is 0. The maximum Gasteiger partial charge on any atom is 0.310 e. The summed E-state index contributed by atoms with van der Waals surface area (Å²) in [5.41, 5.74) is 1.65. The Morgan fingerprint density at radius 3 is 2.42 bits per heavy atom. The van der Waals surface area contributed by atoms with Crippen molar-refractivity contribution >= 4 is 17.6 Å². The minimum absolute atomic E-state index is 0.0629. The normalized spacial score (nSPS) is 16.4. The van der Waals surface area contributed by atoms with Crippen LogP contribution in [0, 0.1) is 11.2 Å². The van der Waals surface area contributed by atoms with Crippen LogP contribution in [0.5, 0.6) is 0 Å². The zero-order valence-electron chi connectivity index (χ0n) is 14.7. The number of hydrogen-bond acceptors (Lipinski definition) is 2. The molecule has 0 spiro atoms. The Morgan fingerprint density at radius 2 is 1.88 bits per heavy atom. The maximum absolute atomic E-state index is 13.4. The molecule has 1 aliphatic rings. The number of carbonyl (C=O) groups is 2. The first-order valence-corrected chi connectivity index (χ1v) is 8.78. The number of hydrogen-bond donors (Lipinski definition) is 2. The molecule has 5 heteroatoms. The van der Waals surface area contributed by atoms with Crippen LogP contribution in [-0.4, -0.2) is 17.0 Å². The van der Waals surface area contributed by atoms with E-state index in [1.54, 1.807) is 37.3 Å². The molecular weight excluding hydrogens is 333 g/mol. The highest BCUT2D eigenvalue weighted by Crippen LogP contribution is 2.44. The average Bonchev–Trinajstić information content (AvgIpc) is 2.58. The lowest BCUT2D eigenvalue weighted by Crippen LogP contribution is -2.43. The molecule has 2 aromatic rings. The summed E-state index contributed by atoms with van der Waals surface area (Å²) in [5.74, 6) is -1.83. The Labute approximate surface area is 152 Å². The third-order valence-electron chi connectivity index (χ3n) is 5.26. The van der Waals surface area contributed by atoms with Crippen LogP contribution in [0.2, 0.25) is 0 Å². The molecule has 0 bridgehead atoms. The van der Waals surface area contributed by atoms with Crippen molar-refractivity contribution in [1.29, 1.82) is 0 Å². The van der Waals surface area contributed by atoms with E-state index in [1.807, 2.05) is 6.07 Å². The van der Waals surface area contributed by atoms with E-state index >= 15 is 0 Å². The van der Waals surface area contributed by atoms with Gasteiger partial charge in [-0.05, 0) is 61.6 Å². The van der Waals surface area contributed by atoms with E-state index in [4.69, 9.17) is 5.11 Å². The quantitative estimate of drug-likeness (QED) is 0.809. The largest absolute Gasteiger partial charge is 0.481 e. The van der Waals surface area contributed by atoms with Crippen molar-refractivity contribution < 1.29 is 19.1 Å². The van der Waals surface area contributed by atoms with Gasteiger partial charge in [0.15, 0.2) is 0 Å². The fourth-order valence-electron chi connectivity index (χ4n) is 3.39. The summed E-state index contributed by atoms with van der Waals surface area (Å²) in [6.07, 6.45) is 3.06. The van der Waals surface area contributed by atoms with Gasteiger partial charge in [0.1, 0.15) is 5.82 Å². The molecule has 136 valence electrons. The Bertz CT molecular complexity index is 812. The van der Waals surface area contributed by atoms with E-state index in [-0.39, 0.29) is 11.7 Å². The number of aliphatic carboxylic acids is 1. The Hall–Kier alpha value is -2.69. The van der Waals surface area contributed by atoms with Crippen LogP contribution in [0.4, 0.5) is 10.1 Å². The van der Waals surface area contributed by atoms with Crippen molar-refractivity contribution in [2.75, 3.05) is 5.32 Å². The van der Waals surface area contributed by atoms with Gasteiger partial charge in [-0.3, -0.25) is 9.59 Å². The van der Waals surface area contributed by atoms with Gasteiger partial charge in [0.05, 0.1) is 11.3 Å². The number of nitrogens with one attached hydrogen (secondary N) is 1. The molecule has 3 rings (SSSR count). The molecular formula is C21H22FNO3. The van der Waals surface area contributed by atoms with Gasteiger partial charge >= 0.3 is 5.97 Å². The van der Waals surface area contributed by atoms with E-state index in [1.165, 1.54) is 12.1 Å². The van der Waals surface area contributed by atoms with Crippen molar-refractivity contribution in [3.63, 3.8) is 0 Å². The zero-order valence-corrected chi connectivity index (χ0v) is 14.7. The lowest BCUT2D eigenvalue weighted by atomic mass is 9.64. The monoisotopic (exact) mass is 355 g/mol. The highest BCUT2D eigenvalue weighted by molar-refractivity contribution is 5.96. The van der Waals surface area contributed by atoms with Crippen LogP contribution in [0.1, 0.15) is 43.2 Å². The standard InChI is InChI=1S/C21H22FNO3/c1-14(19(24)25)16-6-8-18(9-7-16)23-20(26)21(10-3-11-21)13-15-4-2-5-17(22)12-15/h2,4-9,12,14H,3,10-11,13H2,1H3,(H,23,26)(H,24,25). The minimum atomic E-state index is -0.884. The average molecular weight is 355 g/mol. The first-order chi connectivity index (χ1) is 12.4. The van der Waals surface area contributed by atoms with Gasteiger partial charge in [0.25, 0.3) is 0 Å². The summed E-state index contributed by atoms with van der Waals surface area (Å²) in [6, 6.07) is 13.3. The number of anilines is 1. The summed E-state index contributed by atoms with van der Waals surface area (Å²) in [4.78, 5) is 23.9. The maximum atomic E-state index is 13.4. The number of carboxylic acids is 1. The summed E-state index contributed by atoms with van der Waals surface area (Å²) >= 11 is 0. The minimum Gasteiger partial charge on any atom is -0.481 e. The molecule has 2 aromatic carbocycles. The van der Waals surface area contributed by atoms with Gasteiger partial charge in [-0.15, -0.1) is 0 Å². The highest BCUT2D eigenvalue weighted by Gasteiger charge is 2.44. The number of halogens is 1. The van der Waals surface area contributed by atoms with Crippen LogP contribution in [0.15, 0.2) is 48.5 Å². The molecule has 0 aromatic heterocycles. The van der Waals surface area contributed by atoms with Crippen LogP contribution in [-0.2, 0) is 16.0 Å². The molecule has 26 heavy (non-hydrogen) atoms. The van der Waals surface area contributed by atoms with E-state index in [0.717, 1.165) is 24.8 Å². The number of carbonyl (C=O) groups excluding carboxylic acids is 1. The van der Waals surface area contributed by atoms with Crippen molar-refractivity contribution in [1.82, 2.24) is 0 Å². The van der Waals surface area contributed by atoms with Crippen LogP contribution in [0.3, 0.4) is 0 Å². The highest BCUT2D eigenvalue weighted by atomic mass is 19.1. The molecule has 1 saturated carbocycles. The van der Waals surface area contributed by atoms with Gasteiger partial charge in [-0.1, -0.05) is 30.7 Å². The van der Waals surface area contributed by atoms with Gasteiger partial charge in [-0.2, -0.15) is 0 Å². The number of carboxylic acid groups (broad SMARTS) is 1.